The van der Waals surface area contributed by atoms with Crippen molar-refractivity contribution in [3.8, 4) is 11.1 Å². The molecule has 1 atom stereocenters. The van der Waals surface area contributed by atoms with Gasteiger partial charge in [-0.2, -0.15) is 17.5 Å². The monoisotopic (exact) mass is 639 g/mol. The Morgan fingerprint density at radius 1 is 1.07 bits per heavy atom. The summed E-state index contributed by atoms with van der Waals surface area (Å²) in [7, 11) is -2.32. The predicted octanol–water partition coefficient (Wildman–Crippen LogP) is 5.90. The van der Waals surface area contributed by atoms with Gasteiger partial charge in [0, 0.05) is 25.1 Å². The molecule has 0 radical (unpaired) electrons. The first-order valence-corrected chi connectivity index (χ1v) is 16.8. The Bertz CT molecular complexity index is 1360. The van der Waals surface area contributed by atoms with Gasteiger partial charge in [0.25, 0.3) is 5.91 Å². The van der Waals surface area contributed by atoms with E-state index in [0.717, 1.165) is 43.2 Å². The first-order valence-electron chi connectivity index (χ1n) is 15.2. The molecule has 12 heteroatoms. The fraction of sp³-hybridized carbons (Fsp3) is 0.562. The maximum absolute atomic E-state index is 13.4. The van der Waals surface area contributed by atoms with Gasteiger partial charge in [0.05, 0.1) is 5.75 Å². The standard InChI is InChI=1S/C32H44F3N3O5S/c1-23-9-6-7-12-26(23)28-21-25(13-14-27(28)30(39)37-29(31(40)41)15-18-36-2)22-38(19-16-24-10-4-3-5-11-24)44(42,43)20-8-17-32(33,34)35/h6-7,9,12-14,21,24,29,36H,3-5,8,10-11,15-20,22H2,1-2H3,(H,37,39)(H,40,41). The van der Waals surface area contributed by atoms with E-state index in [0.29, 0.717) is 30.0 Å². The number of aryl methyl sites for hydroxylation is 1. The summed E-state index contributed by atoms with van der Waals surface area (Å²) in [4.78, 5) is 25.2. The molecule has 0 heterocycles. The van der Waals surface area contributed by atoms with Crippen LogP contribution in [0.4, 0.5) is 13.2 Å². The lowest BCUT2D eigenvalue weighted by atomic mass is 9.87. The number of amides is 1. The molecule has 0 spiro atoms. The van der Waals surface area contributed by atoms with Crippen LogP contribution < -0.4 is 10.6 Å². The van der Waals surface area contributed by atoms with Crippen molar-refractivity contribution < 1.29 is 36.3 Å². The Morgan fingerprint density at radius 2 is 1.77 bits per heavy atom. The highest BCUT2D eigenvalue weighted by atomic mass is 32.2. The number of carbonyl (C=O) groups is 2. The third-order valence-electron chi connectivity index (χ3n) is 8.18. The fourth-order valence-corrected chi connectivity index (χ4v) is 7.17. The van der Waals surface area contributed by atoms with E-state index in [1.165, 1.54) is 4.31 Å². The van der Waals surface area contributed by atoms with Gasteiger partial charge in [-0.3, -0.25) is 4.79 Å². The minimum Gasteiger partial charge on any atom is -0.480 e. The summed E-state index contributed by atoms with van der Waals surface area (Å²) >= 11 is 0. The number of carbonyl (C=O) groups excluding carboxylic acids is 1. The Labute approximate surface area is 258 Å². The minimum absolute atomic E-state index is 0.0538. The average Bonchev–Trinajstić information content (AvgIpc) is 2.97. The molecular weight excluding hydrogens is 595 g/mol. The summed E-state index contributed by atoms with van der Waals surface area (Å²) in [5, 5.41) is 15.1. The zero-order valence-electron chi connectivity index (χ0n) is 25.5. The lowest BCUT2D eigenvalue weighted by molar-refractivity contribution is -0.139. The van der Waals surface area contributed by atoms with Crippen molar-refractivity contribution in [2.75, 3.05) is 25.9 Å². The average molecular weight is 640 g/mol. The summed E-state index contributed by atoms with van der Waals surface area (Å²) in [5.41, 5.74) is 2.91. The first-order chi connectivity index (χ1) is 20.8. The number of carboxylic acid groups (broad SMARTS) is 1. The maximum Gasteiger partial charge on any atom is 0.389 e. The van der Waals surface area contributed by atoms with E-state index >= 15 is 0 Å². The molecule has 44 heavy (non-hydrogen) atoms. The molecule has 1 unspecified atom stereocenters. The van der Waals surface area contributed by atoms with Gasteiger partial charge in [-0.05, 0) is 80.1 Å². The molecule has 1 aliphatic rings. The summed E-state index contributed by atoms with van der Waals surface area (Å²) in [6.07, 6.45) is 0.0313. The maximum atomic E-state index is 13.4. The van der Waals surface area contributed by atoms with Crippen molar-refractivity contribution >= 4 is 21.9 Å². The number of hydrogen-bond donors (Lipinski definition) is 3. The second-order valence-corrected chi connectivity index (χ2v) is 13.7. The SMILES string of the molecule is CNCCC(NC(=O)c1ccc(CN(CCC2CCCCC2)S(=O)(=O)CCCC(F)(F)F)cc1-c1ccccc1C)C(=O)O. The van der Waals surface area contributed by atoms with Crippen LogP contribution in [-0.4, -0.2) is 67.8 Å². The van der Waals surface area contributed by atoms with Crippen LogP contribution in [0.3, 0.4) is 0 Å². The lowest BCUT2D eigenvalue weighted by Gasteiger charge is -2.27. The zero-order valence-corrected chi connectivity index (χ0v) is 26.3. The molecule has 0 bridgehead atoms. The molecular formula is C32H44F3N3O5S. The van der Waals surface area contributed by atoms with Gasteiger partial charge in [0.2, 0.25) is 10.0 Å². The summed E-state index contributed by atoms with van der Waals surface area (Å²) in [6, 6.07) is 11.1. The number of hydrogen-bond acceptors (Lipinski definition) is 5. The zero-order chi connectivity index (χ0) is 32.3. The van der Waals surface area contributed by atoms with Gasteiger partial charge in [-0.1, -0.05) is 62.4 Å². The van der Waals surface area contributed by atoms with Crippen molar-refractivity contribution in [2.24, 2.45) is 5.92 Å². The van der Waals surface area contributed by atoms with Gasteiger partial charge >= 0.3 is 12.1 Å². The highest BCUT2D eigenvalue weighted by Crippen LogP contribution is 2.31. The second kappa shape index (κ2) is 16.4. The van der Waals surface area contributed by atoms with Crippen molar-refractivity contribution in [3.63, 3.8) is 0 Å². The molecule has 0 saturated heterocycles. The van der Waals surface area contributed by atoms with E-state index in [1.807, 2.05) is 31.2 Å². The number of nitrogens with zero attached hydrogens (tertiary/aromatic N) is 1. The van der Waals surface area contributed by atoms with E-state index < -0.39 is 52.7 Å². The number of alkyl halides is 3. The third kappa shape index (κ3) is 10.9. The second-order valence-electron chi connectivity index (χ2n) is 11.6. The van der Waals surface area contributed by atoms with Crippen LogP contribution in [0, 0.1) is 12.8 Å². The minimum atomic E-state index is -4.44. The van der Waals surface area contributed by atoms with E-state index in [2.05, 4.69) is 10.6 Å². The van der Waals surface area contributed by atoms with Crippen LogP contribution in [0.15, 0.2) is 42.5 Å². The molecule has 3 rings (SSSR count). The van der Waals surface area contributed by atoms with E-state index in [9.17, 15) is 36.3 Å². The van der Waals surface area contributed by atoms with Crippen molar-refractivity contribution in [3.05, 3.63) is 59.2 Å². The number of rotatable bonds is 16. The molecule has 1 saturated carbocycles. The van der Waals surface area contributed by atoms with Gasteiger partial charge < -0.3 is 15.7 Å². The quantitative estimate of drug-likeness (QED) is 0.211. The Kier molecular flexibility index (Phi) is 13.2. The number of nitrogens with one attached hydrogen (secondary N) is 2. The number of sulfonamides is 1. The van der Waals surface area contributed by atoms with Gasteiger partial charge in [0.15, 0.2) is 0 Å². The van der Waals surface area contributed by atoms with Crippen LogP contribution in [-0.2, 0) is 21.4 Å². The Morgan fingerprint density at radius 3 is 2.41 bits per heavy atom. The predicted molar refractivity (Wildman–Crippen MR) is 165 cm³/mol. The fourth-order valence-electron chi connectivity index (χ4n) is 5.67. The third-order valence-corrected chi connectivity index (χ3v) is 10.1. The molecule has 0 aliphatic heterocycles. The van der Waals surface area contributed by atoms with Gasteiger partial charge in [-0.25, -0.2) is 13.2 Å². The highest BCUT2D eigenvalue weighted by Gasteiger charge is 2.30. The van der Waals surface area contributed by atoms with Crippen LogP contribution >= 0.6 is 0 Å². The molecule has 1 amide bonds. The highest BCUT2D eigenvalue weighted by molar-refractivity contribution is 7.89. The van der Waals surface area contributed by atoms with E-state index in [1.54, 1.807) is 25.2 Å². The van der Waals surface area contributed by atoms with E-state index in [-0.39, 0.29) is 25.1 Å². The molecule has 2 aromatic rings. The summed E-state index contributed by atoms with van der Waals surface area (Å²) < 4.78 is 66.5. The largest absolute Gasteiger partial charge is 0.480 e. The van der Waals surface area contributed by atoms with Gasteiger partial charge in [0.1, 0.15) is 6.04 Å². The van der Waals surface area contributed by atoms with Crippen LogP contribution in [0.1, 0.15) is 79.3 Å². The molecule has 1 aliphatic carbocycles. The smallest absolute Gasteiger partial charge is 0.389 e. The molecule has 2 aromatic carbocycles. The molecule has 8 nitrogen and oxygen atoms in total. The van der Waals surface area contributed by atoms with Crippen molar-refractivity contribution in [2.45, 2.75) is 83.5 Å². The summed E-state index contributed by atoms with van der Waals surface area (Å²) in [5.74, 6) is -1.97. The van der Waals surface area contributed by atoms with Gasteiger partial charge in [-0.15, -0.1) is 0 Å². The normalized spacial score (nSPS) is 15.3. The number of aliphatic carboxylic acids is 1. The summed E-state index contributed by atoms with van der Waals surface area (Å²) in [6.45, 7) is 2.40. The topological polar surface area (TPSA) is 116 Å². The molecule has 1 fully saturated rings. The van der Waals surface area contributed by atoms with E-state index in [4.69, 9.17) is 0 Å². The van der Waals surface area contributed by atoms with Crippen LogP contribution in [0.25, 0.3) is 11.1 Å². The van der Waals surface area contributed by atoms with Crippen LogP contribution in [0.5, 0.6) is 0 Å². The first kappa shape index (κ1) is 35.5. The Hall–Kier alpha value is -2.96. The number of carboxylic acids is 1. The van der Waals surface area contributed by atoms with Crippen LogP contribution in [0.2, 0.25) is 0 Å². The number of halogens is 3. The number of benzene rings is 2. The van der Waals surface area contributed by atoms with Crippen molar-refractivity contribution in [1.82, 2.24) is 14.9 Å². The molecule has 244 valence electrons. The van der Waals surface area contributed by atoms with Crippen molar-refractivity contribution in [1.29, 1.82) is 0 Å². The molecule has 0 aromatic heterocycles. The lowest BCUT2D eigenvalue weighted by Crippen LogP contribution is -2.42. The Balaban J connectivity index is 1.94. The molecule has 3 N–H and O–H groups in total.